The third-order valence-electron chi connectivity index (χ3n) is 5.48. The average molecular weight is 388 g/mol. The van der Waals surface area contributed by atoms with Crippen molar-refractivity contribution in [3.63, 3.8) is 0 Å². The lowest BCUT2D eigenvalue weighted by molar-refractivity contribution is 0.0870. The molecule has 0 spiro atoms. The molecule has 0 radical (unpaired) electrons. The number of ketones is 1. The largest absolute Gasteiger partial charge is 0.489 e. The minimum atomic E-state index is -0.478. The SMILES string of the molecule is CCc1cc(=O)oc2c3c(c4c(c12)OC(c1ccccc1)C=C4)OC(C)CC3=O. The lowest BCUT2D eigenvalue weighted by Gasteiger charge is -2.30. The molecular formula is C24H20O5. The van der Waals surface area contributed by atoms with E-state index in [1.54, 1.807) is 0 Å². The topological polar surface area (TPSA) is 65.7 Å². The predicted molar refractivity (Wildman–Crippen MR) is 110 cm³/mol. The molecule has 5 rings (SSSR count). The third kappa shape index (κ3) is 2.77. The minimum Gasteiger partial charge on any atom is -0.489 e. The maximum atomic E-state index is 12.9. The second-order valence-electron chi connectivity index (χ2n) is 7.46. The van der Waals surface area contributed by atoms with E-state index in [1.807, 2.05) is 56.3 Å². The Labute approximate surface area is 167 Å². The van der Waals surface area contributed by atoms with Gasteiger partial charge in [0.2, 0.25) is 0 Å². The Balaban J connectivity index is 1.84. The normalized spacial score (nSPS) is 20.0. The second-order valence-corrected chi connectivity index (χ2v) is 7.46. The van der Waals surface area contributed by atoms with Crippen LogP contribution in [-0.4, -0.2) is 11.9 Å². The first kappa shape index (κ1) is 17.7. The van der Waals surface area contributed by atoms with Crippen LogP contribution in [0.5, 0.6) is 11.5 Å². The van der Waals surface area contributed by atoms with Crippen molar-refractivity contribution in [2.45, 2.75) is 38.9 Å². The summed E-state index contributed by atoms with van der Waals surface area (Å²) in [5, 5.41) is 0.678. The Morgan fingerprint density at radius 3 is 2.62 bits per heavy atom. The maximum Gasteiger partial charge on any atom is 0.336 e. The molecule has 0 N–H and O–H groups in total. The Morgan fingerprint density at radius 2 is 1.86 bits per heavy atom. The molecular weight excluding hydrogens is 368 g/mol. The number of fused-ring (bicyclic) bond motifs is 6. The highest BCUT2D eigenvalue weighted by Crippen LogP contribution is 2.48. The summed E-state index contributed by atoms with van der Waals surface area (Å²) in [4.78, 5) is 25.1. The predicted octanol–water partition coefficient (Wildman–Crippen LogP) is 4.86. The van der Waals surface area contributed by atoms with Gasteiger partial charge in [0.15, 0.2) is 11.4 Å². The van der Waals surface area contributed by atoms with E-state index >= 15 is 0 Å². The fraction of sp³-hybridized carbons (Fsp3) is 0.250. The van der Waals surface area contributed by atoms with Gasteiger partial charge in [-0.25, -0.2) is 4.79 Å². The van der Waals surface area contributed by atoms with E-state index in [1.165, 1.54) is 6.07 Å². The summed E-state index contributed by atoms with van der Waals surface area (Å²) in [5.41, 5.74) is 2.67. The minimum absolute atomic E-state index is 0.0819. The van der Waals surface area contributed by atoms with Gasteiger partial charge >= 0.3 is 5.63 Å². The van der Waals surface area contributed by atoms with Crippen molar-refractivity contribution < 1.29 is 18.7 Å². The molecule has 0 amide bonds. The van der Waals surface area contributed by atoms with Gasteiger partial charge in [-0.15, -0.1) is 0 Å². The van der Waals surface area contributed by atoms with Crippen LogP contribution < -0.4 is 15.1 Å². The van der Waals surface area contributed by atoms with Crippen LogP contribution in [0.1, 0.15) is 53.4 Å². The molecule has 3 aromatic rings. The number of hydrogen-bond acceptors (Lipinski definition) is 5. The molecule has 146 valence electrons. The number of carbonyl (C=O) groups is 1. The Morgan fingerprint density at radius 1 is 1.07 bits per heavy atom. The fourth-order valence-corrected chi connectivity index (χ4v) is 4.15. The van der Waals surface area contributed by atoms with Crippen LogP contribution in [0.2, 0.25) is 0 Å². The zero-order chi connectivity index (χ0) is 20.1. The molecule has 5 nitrogen and oxygen atoms in total. The maximum absolute atomic E-state index is 12.9. The summed E-state index contributed by atoms with van der Waals surface area (Å²) in [6, 6.07) is 11.4. The number of hydrogen-bond donors (Lipinski definition) is 0. The van der Waals surface area contributed by atoms with Crippen LogP contribution >= 0.6 is 0 Å². The van der Waals surface area contributed by atoms with E-state index in [-0.39, 0.29) is 30.0 Å². The zero-order valence-corrected chi connectivity index (χ0v) is 16.2. The zero-order valence-electron chi connectivity index (χ0n) is 16.2. The highest BCUT2D eigenvalue weighted by molar-refractivity contribution is 6.13. The Kier molecular flexibility index (Phi) is 4.05. The summed E-state index contributed by atoms with van der Waals surface area (Å²) >= 11 is 0. The summed E-state index contributed by atoms with van der Waals surface area (Å²) in [5.74, 6) is 0.953. The third-order valence-corrected chi connectivity index (χ3v) is 5.48. The molecule has 1 aromatic heterocycles. The van der Waals surface area contributed by atoms with Gasteiger partial charge in [-0.1, -0.05) is 37.3 Å². The monoisotopic (exact) mass is 388 g/mol. The van der Waals surface area contributed by atoms with Crippen molar-refractivity contribution in [3.05, 3.63) is 75.1 Å². The van der Waals surface area contributed by atoms with Crippen LogP contribution in [0.4, 0.5) is 0 Å². The molecule has 2 aromatic carbocycles. The lowest BCUT2D eigenvalue weighted by atomic mass is 9.91. The van der Waals surface area contributed by atoms with Crippen LogP contribution in [0.25, 0.3) is 17.0 Å². The molecule has 5 heteroatoms. The summed E-state index contributed by atoms with van der Waals surface area (Å²) in [6.07, 6.45) is 4.24. The molecule has 0 aliphatic carbocycles. The molecule has 2 aliphatic heterocycles. The number of ether oxygens (including phenoxy) is 2. The smallest absolute Gasteiger partial charge is 0.336 e. The quantitative estimate of drug-likeness (QED) is 0.587. The van der Waals surface area contributed by atoms with Crippen molar-refractivity contribution in [2.24, 2.45) is 0 Å². The van der Waals surface area contributed by atoms with Crippen LogP contribution in [0, 0.1) is 0 Å². The molecule has 3 heterocycles. The van der Waals surface area contributed by atoms with E-state index in [4.69, 9.17) is 13.9 Å². The van der Waals surface area contributed by atoms with Gasteiger partial charge in [0.1, 0.15) is 29.3 Å². The number of aryl methyl sites for hydroxylation is 1. The fourth-order valence-electron chi connectivity index (χ4n) is 4.15. The van der Waals surface area contributed by atoms with Gasteiger partial charge < -0.3 is 13.9 Å². The van der Waals surface area contributed by atoms with Gasteiger partial charge in [0.05, 0.1) is 10.9 Å². The average Bonchev–Trinajstić information content (AvgIpc) is 2.72. The van der Waals surface area contributed by atoms with Crippen LogP contribution in [0.15, 0.2) is 51.7 Å². The van der Waals surface area contributed by atoms with Crippen LogP contribution in [0.3, 0.4) is 0 Å². The molecule has 2 atom stereocenters. The van der Waals surface area contributed by atoms with E-state index in [9.17, 15) is 9.59 Å². The van der Waals surface area contributed by atoms with Gasteiger partial charge in [0, 0.05) is 12.5 Å². The summed E-state index contributed by atoms with van der Waals surface area (Å²) < 4.78 is 18.0. The number of rotatable bonds is 2. The second kappa shape index (κ2) is 6.62. The van der Waals surface area contributed by atoms with Gasteiger partial charge in [0.25, 0.3) is 0 Å². The van der Waals surface area contributed by atoms with E-state index in [2.05, 4.69) is 0 Å². The van der Waals surface area contributed by atoms with E-state index < -0.39 is 5.63 Å². The lowest BCUT2D eigenvalue weighted by Crippen LogP contribution is -2.26. The molecule has 0 bridgehead atoms. The van der Waals surface area contributed by atoms with Crippen molar-refractivity contribution in [2.75, 3.05) is 0 Å². The number of carbonyl (C=O) groups excluding carboxylic acids is 1. The van der Waals surface area contributed by atoms with Crippen LogP contribution in [-0.2, 0) is 6.42 Å². The van der Waals surface area contributed by atoms with E-state index in [0.717, 1.165) is 16.7 Å². The van der Waals surface area contributed by atoms with Crippen molar-refractivity contribution in [1.82, 2.24) is 0 Å². The van der Waals surface area contributed by atoms with Gasteiger partial charge in [-0.05, 0) is 36.6 Å². The first-order valence-corrected chi connectivity index (χ1v) is 9.83. The molecule has 2 aliphatic rings. The van der Waals surface area contributed by atoms with Gasteiger partial charge in [-0.3, -0.25) is 4.79 Å². The highest BCUT2D eigenvalue weighted by Gasteiger charge is 2.35. The first-order valence-electron chi connectivity index (χ1n) is 9.83. The van der Waals surface area contributed by atoms with Crippen molar-refractivity contribution in [3.8, 4) is 11.5 Å². The van der Waals surface area contributed by atoms with Gasteiger partial charge in [-0.2, -0.15) is 0 Å². The number of benzene rings is 2. The van der Waals surface area contributed by atoms with E-state index in [0.29, 0.717) is 28.9 Å². The summed E-state index contributed by atoms with van der Waals surface area (Å²) in [7, 11) is 0. The Bertz CT molecular complexity index is 1220. The van der Waals surface area contributed by atoms with Crippen molar-refractivity contribution in [1.29, 1.82) is 0 Å². The first-order chi connectivity index (χ1) is 14.1. The Hall–Kier alpha value is -3.34. The summed E-state index contributed by atoms with van der Waals surface area (Å²) in [6.45, 7) is 3.82. The molecule has 29 heavy (non-hydrogen) atoms. The molecule has 0 saturated heterocycles. The number of Topliss-reactive ketones (excluding diaryl/α,β-unsaturated/α-hetero) is 1. The van der Waals surface area contributed by atoms with Crippen molar-refractivity contribution >= 4 is 22.8 Å². The standard InChI is InChI=1S/C24H20O5/c1-3-14-12-19(26)29-24-20(14)22-16(23-21(24)17(25)11-13(2)27-23)9-10-18(28-22)15-7-5-4-6-8-15/h4-10,12-13,18H,3,11H2,1-2H3. The molecule has 0 fully saturated rings. The molecule has 0 saturated carbocycles. The highest BCUT2D eigenvalue weighted by atomic mass is 16.5. The molecule has 2 unspecified atom stereocenters.